The van der Waals surface area contributed by atoms with Crippen LogP contribution in [-0.4, -0.2) is 10.8 Å². The minimum atomic E-state index is -0.702. The Balaban J connectivity index is 2.05. The maximum Gasteiger partial charge on any atom is 0.433 e. The minimum Gasteiger partial charge on any atom is -0.467 e. The van der Waals surface area contributed by atoms with E-state index >= 15 is 0 Å². The predicted octanol–water partition coefficient (Wildman–Crippen LogP) is 2.27. The van der Waals surface area contributed by atoms with E-state index in [4.69, 9.17) is 8.83 Å². The van der Waals surface area contributed by atoms with Crippen LogP contribution in [0.3, 0.4) is 0 Å². The van der Waals surface area contributed by atoms with E-state index in [-0.39, 0.29) is 11.8 Å². The normalized spacial score (nSPS) is 12.1. The van der Waals surface area contributed by atoms with Crippen LogP contribution in [0.25, 0.3) is 0 Å². The van der Waals surface area contributed by atoms with Crippen molar-refractivity contribution in [3.05, 3.63) is 52.2 Å². The summed E-state index contributed by atoms with van der Waals surface area (Å²) >= 11 is 0. The van der Waals surface area contributed by atoms with Crippen molar-refractivity contribution in [2.75, 3.05) is 0 Å². The molecule has 0 aromatic carbocycles. The van der Waals surface area contributed by atoms with Crippen molar-refractivity contribution >= 4 is 11.8 Å². The van der Waals surface area contributed by atoms with E-state index in [9.17, 15) is 14.9 Å². The Kier molecular flexibility index (Phi) is 3.13. The second-order valence-electron chi connectivity index (χ2n) is 3.61. The summed E-state index contributed by atoms with van der Waals surface area (Å²) < 4.78 is 9.91. The number of carbonyl (C=O) groups is 1. The number of nitro groups is 1. The minimum absolute atomic E-state index is 0.111. The number of nitrogens with one attached hydrogen (secondary N) is 1. The summed E-state index contributed by atoms with van der Waals surface area (Å²) in [5.41, 5.74) is 0. The molecule has 0 fully saturated rings. The molecule has 2 aromatic rings. The molecule has 1 atom stereocenters. The molecule has 1 amide bonds. The third-order valence-corrected chi connectivity index (χ3v) is 2.31. The summed E-state index contributed by atoms with van der Waals surface area (Å²) in [6, 6.07) is 5.46. The van der Waals surface area contributed by atoms with Crippen LogP contribution in [0.5, 0.6) is 0 Å². The third-order valence-electron chi connectivity index (χ3n) is 2.31. The van der Waals surface area contributed by atoms with E-state index in [1.54, 1.807) is 19.1 Å². The molecule has 0 radical (unpaired) electrons. The van der Waals surface area contributed by atoms with Gasteiger partial charge in [-0.2, -0.15) is 0 Å². The first-order valence-electron chi connectivity index (χ1n) is 5.16. The fourth-order valence-electron chi connectivity index (χ4n) is 1.42. The molecule has 2 heterocycles. The summed E-state index contributed by atoms with van der Waals surface area (Å²) in [5.74, 6) is -0.526. The SMILES string of the molecule is CC(NC(=O)c1ccc([N+](=O)[O-])o1)c1ccco1. The molecular weight excluding hydrogens is 240 g/mol. The number of hydrogen-bond acceptors (Lipinski definition) is 5. The summed E-state index contributed by atoms with van der Waals surface area (Å²) in [7, 11) is 0. The summed E-state index contributed by atoms with van der Waals surface area (Å²) in [6.45, 7) is 1.73. The first-order chi connectivity index (χ1) is 8.58. The second kappa shape index (κ2) is 4.74. The molecule has 94 valence electrons. The lowest BCUT2D eigenvalue weighted by Crippen LogP contribution is -2.25. The lowest BCUT2D eigenvalue weighted by molar-refractivity contribution is -0.402. The Morgan fingerprint density at radius 1 is 1.44 bits per heavy atom. The zero-order valence-electron chi connectivity index (χ0n) is 9.45. The van der Waals surface area contributed by atoms with E-state index in [2.05, 4.69) is 5.32 Å². The van der Waals surface area contributed by atoms with Crippen LogP contribution < -0.4 is 5.32 Å². The molecule has 0 bridgehead atoms. The van der Waals surface area contributed by atoms with Gasteiger partial charge in [0.05, 0.1) is 18.4 Å². The predicted molar refractivity (Wildman–Crippen MR) is 60.0 cm³/mol. The lowest BCUT2D eigenvalue weighted by atomic mass is 10.2. The van der Waals surface area contributed by atoms with Gasteiger partial charge in [0.15, 0.2) is 5.76 Å². The molecule has 0 aliphatic carbocycles. The van der Waals surface area contributed by atoms with E-state index in [1.807, 2.05) is 0 Å². The first-order valence-corrected chi connectivity index (χ1v) is 5.16. The standard InChI is InChI=1S/C11H10N2O5/c1-7(8-3-2-6-17-8)12-11(14)9-4-5-10(18-9)13(15)16/h2-7H,1H3,(H,12,14). The molecule has 7 heteroatoms. The number of nitrogens with zero attached hydrogens (tertiary/aromatic N) is 1. The molecule has 0 saturated carbocycles. The average molecular weight is 250 g/mol. The highest BCUT2D eigenvalue weighted by Crippen LogP contribution is 2.17. The van der Waals surface area contributed by atoms with Gasteiger partial charge >= 0.3 is 5.88 Å². The maximum atomic E-state index is 11.7. The van der Waals surface area contributed by atoms with Crippen molar-refractivity contribution in [3.63, 3.8) is 0 Å². The van der Waals surface area contributed by atoms with Crippen LogP contribution in [0.1, 0.15) is 29.3 Å². The number of amides is 1. The fourth-order valence-corrected chi connectivity index (χ4v) is 1.42. The average Bonchev–Trinajstić information content (AvgIpc) is 3.00. The lowest BCUT2D eigenvalue weighted by Gasteiger charge is -2.09. The van der Waals surface area contributed by atoms with Crippen LogP contribution in [0, 0.1) is 10.1 Å². The molecule has 2 aromatic heterocycles. The molecule has 2 rings (SSSR count). The van der Waals surface area contributed by atoms with E-state index in [0.29, 0.717) is 5.76 Å². The molecule has 0 saturated heterocycles. The summed E-state index contributed by atoms with van der Waals surface area (Å²) in [4.78, 5) is 21.4. The Hall–Kier alpha value is -2.57. The van der Waals surface area contributed by atoms with Gasteiger partial charge in [-0.05, 0) is 25.1 Å². The van der Waals surface area contributed by atoms with E-state index in [0.717, 1.165) is 6.07 Å². The van der Waals surface area contributed by atoms with Crippen LogP contribution in [0.4, 0.5) is 5.88 Å². The van der Waals surface area contributed by atoms with Crippen LogP contribution in [-0.2, 0) is 0 Å². The number of rotatable bonds is 4. The fraction of sp³-hybridized carbons (Fsp3) is 0.182. The summed E-state index contributed by atoms with van der Waals surface area (Å²) in [5, 5.41) is 13.0. The van der Waals surface area contributed by atoms with Gasteiger partial charge in [0, 0.05) is 0 Å². The number of carbonyl (C=O) groups excluding carboxylic acids is 1. The van der Waals surface area contributed by atoms with E-state index < -0.39 is 16.7 Å². The van der Waals surface area contributed by atoms with Crippen molar-refractivity contribution in [3.8, 4) is 0 Å². The second-order valence-corrected chi connectivity index (χ2v) is 3.61. The topological polar surface area (TPSA) is 98.5 Å². The van der Waals surface area contributed by atoms with Gasteiger partial charge in [-0.1, -0.05) is 0 Å². The van der Waals surface area contributed by atoms with Gasteiger partial charge in [0.2, 0.25) is 0 Å². The Bertz CT molecular complexity index is 558. The molecule has 18 heavy (non-hydrogen) atoms. The van der Waals surface area contributed by atoms with Crippen molar-refractivity contribution < 1.29 is 18.6 Å². The highest BCUT2D eigenvalue weighted by atomic mass is 16.6. The molecule has 7 nitrogen and oxygen atoms in total. The van der Waals surface area contributed by atoms with Crippen LogP contribution in [0.15, 0.2) is 39.4 Å². The molecule has 0 aliphatic rings. The van der Waals surface area contributed by atoms with Crippen LogP contribution >= 0.6 is 0 Å². The Morgan fingerprint density at radius 3 is 2.78 bits per heavy atom. The van der Waals surface area contributed by atoms with Crippen molar-refractivity contribution in [1.82, 2.24) is 5.32 Å². The van der Waals surface area contributed by atoms with Crippen molar-refractivity contribution in [2.45, 2.75) is 13.0 Å². The highest BCUT2D eigenvalue weighted by Gasteiger charge is 2.19. The highest BCUT2D eigenvalue weighted by molar-refractivity contribution is 5.91. The van der Waals surface area contributed by atoms with Crippen molar-refractivity contribution in [2.24, 2.45) is 0 Å². The smallest absolute Gasteiger partial charge is 0.433 e. The van der Waals surface area contributed by atoms with E-state index in [1.165, 1.54) is 12.3 Å². The molecule has 0 aliphatic heterocycles. The summed E-state index contributed by atoms with van der Waals surface area (Å²) in [6.07, 6.45) is 1.50. The quantitative estimate of drug-likeness (QED) is 0.662. The van der Waals surface area contributed by atoms with Gasteiger partial charge in [0.1, 0.15) is 10.7 Å². The van der Waals surface area contributed by atoms with Gasteiger partial charge < -0.3 is 14.2 Å². The number of furan rings is 2. The molecule has 1 N–H and O–H groups in total. The third kappa shape index (κ3) is 2.40. The van der Waals surface area contributed by atoms with Gasteiger partial charge in [-0.25, -0.2) is 0 Å². The Morgan fingerprint density at radius 2 is 2.22 bits per heavy atom. The molecule has 0 spiro atoms. The van der Waals surface area contributed by atoms with Gasteiger partial charge in [0.25, 0.3) is 5.91 Å². The maximum absolute atomic E-state index is 11.7. The van der Waals surface area contributed by atoms with Gasteiger partial charge in [-0.3, -0.25) is 14.9 Å². The van der Waals surface area contributed by atoms with Gasteiger partial charge in [-0.15, -0.1) is 0 Å². The largest absolute Gasteiger partial charge is 0.467 e. The monoisotopic (exact) mass is 250 g/mol. The zero-order chi connectivity index (χ0) is 13.1. The molecule has 1 unspecified atom stereocenters. The number of hydrogen-bond donors (Lipinski definition) is 1. The first kappa shape index (κ1) is 11.9. The van der Waals surface area contributed by atoms with Crippen molar-refractivity contribution in [1.29, 1.82) is 0 Å². The van der Waals surface area contributed by atoms with Crippen LogP contribution in [0.2, 0.25) is 0 Å². The zero-order valence-corrected chi connectivity index (χ0v) is 9.45. The molecular formula is C11H10N2O5. The Labute approximate surface area is 102 Å².